The van der Waals surface area contributed by atoms with Crippen molar-refractivity contribution >= 4 is 44.6 Å². The Hall–Kier alpha value is -4.34. The van der Waals surface area contributed by atoms with Crippen LogP contribution in [0.2, 0.25) is 0 Å². The number of aromatic nitrogens is 2. The fourth-order valence-electron chi connectivity index (χ4n) is 4.65. The highest BCUT2D eigenvalue weighted by Crippen LogP contribution is 2.32. The van der Waals surface area contributed by atoms with Gasteiger partial charge in [0.15, 0.2) is 0 Å². The van der Waals surface area contributed by atoms with E-state index < -0.39 is 9.85 Å². The molecule has 0 aliphatic rings. The number of benzene rings is 2. The smallest absolute Gasteiger partial charge is 0.311 e. The molecule has 38 heavy (non-hydrogen) atoms. The Bertz CT molecular complexity index is 1300. The summed E-state index contributed by atoms with van der Waals surface area (Å²) in [5.74, 6) is 0. The van der Waals surface area contributed by atoms with E-state index in [1.54, 1.807) is 0 Å². The topological polar surface area (TPSA) is 136 Å². The number of nitro groups is 2. The third-order valence-electron chi connectivity index (χ3n) is 6.61. The first kappa shape index (κ1) is 26.7. The number of nitrogens with one attached hydrogen (secondary N) is 2. The lowest BCUT2D eigenvalue weighted by Crippen LogP contribution is -2.06. The van der Waals surface area contributed by atoms with E-state index in [1.165, 1.54) is 12.4 Å². The average Bonchev–Trinajstić information content (AvgIpc) is 2.93. The predicted molar refractivity (Wildman–Crippen MR) is 151 cm³/mol. The third-order valence-corrected chi connectivity index (χ3v) is 6.61. The van der Waals surface area contributed by atoms with Crippen LogP contribution in [-0.4, -0.2) is 32.9 Å². The zero-order chi connectivity index (χ0) is 26.7. The van der Waals surface area contributed by atoms with E-state index in [0.717, 1.165) is 73.2 Å². The van der Waals surface area contributed by atoms with Gasteiger partial charge in [0.1, 0.15) is 23.8 Å². The van der Waals surface area contributed by atoms with Crippen LogP contribution < -0.4 is 10.6 Å². The van der Waals surface area contributed by atoms with Crippen LogP contribution in [0.1, 0.15) is 51.4 Å². The Morgan fingerprint density at radius 3 is 1.34 bits per heavy atom. The minimum absolute atomic E-state index is 0.00455. The first-order valence-electron chi connectivity index (χ1n) is 13.1. The van der Waals surface area contributed by atoms with Crippen molar-refractivity contribution in [1.29, 1.82) is 0 Å². The fourth-order valence-corrected chi connectivity index (χ4v) is 4.65. The molecule has 0 fully saturated rings. The molecule has 2 aromatic heterocycles. The molecule has 4 rings (SSSR count). The molecule has 0 amide bonds. The molecule has 4 aromatic rings. The van der Waals surface area contributed by atoms with Gasteiger partial charge in [0.05, 0.1) is 20.9 Å². The third kappa shape index (κ3) is 6.70. The van der Waals surface area contributed by atoms with Crippen LogP contribution in [0, 0.1) is 20.2 Å². The maximum absolute atomic E-state index is 11.4. The highest BCUT2D eigenvalue weighted by Gasteiger charge is 2.18. The van der Waals surface area contributed by atoms with E-state index in [9.17, 15) is 20.2 Å². The van der Waals surface area contributed by atoms with E-state index in [0.29, 0.717) is 24.5 Å². The first-order chi connectivity index (χ1) is 18.6. The monoisotopic (exact) mass is 516 g/mol. The van der Waals surface area contributed by atoms with Gasteiger partial charge in [-0.3, -0.25) is 20.2 Å². The van der Waals surface area contributed by atoms with Crippen LogP contribution >= 0.6 is 0 Å². The molecule has 10 heteroatoms. The van der Waals surface area contributed by atoms with Crippen molar-refractivity contribution in [2.45, 2.75) is 51.4 Å². The van der Waals surface area contributed by atoms with Crippen molar-refractivity contribution in [3.8, 4) is 0 Å². The molecule has 0 aliphatic heterocycles. The van der Waals surface area contributed by atoms with E-state index in [1.807, 2.05) is 48.5 Å². The lowest BCUT2D eigenvalue weighted by molar-refractivity contribution is -0.384. The summed E-state index contributed by atoms with van der Waals surface area (Å²) in [5.41, 5.74) is 2.57. The van der Waals surface area contributed by atoms with E-state index >= 15 is 0 Å². The lowest BCUT2D eigenvalue weighted by atomic mass is 10.1. The standard InChI is InChI=1S/C28H32N6O4/c35-33(36)25-19-31-23-15-9-7-13-21(23)27(25)29-17-11-5-3-1-2-4-6-12-18-30-28-22-14-8-10-16-24(22)32-20-26(28)34(37)38/h7-10,13-16,19-20H,1-6,11-12,17-18H2,(H,29,31)(H,30,32). The zero-order valence-corrected chi connectivity index (χ0v) is 21.3. The number of rotatable bonds is 15. The van der Waals surface area contributed by atoms with E-state index in [4.69, 9.17) is 0 Å². The molecule has 0 radical (unpaired) electrons. The van der Waals surface area contributed by atoms with Crippen molar-refractivity contribution in [1.82, 2.24) is 9.97 Å². The second-order valence-corrected chi connectivity index (χ2v) is 9.27. The number of hydrogen-bond acceptors (Lipinski definition) is 8. The van der Waals surface area contributed by atoms with E-state index in [-0.39, 0.29) is 11.4 Å². The predicted octanol–water partition coefficient (Wildman–Crippen LogP) is 7.24. The molecule has 10 nitrogen and oxygen atoms in total. The van der Waals surface area contributed by atoms with E-state index in [2.05, 4.69) is 20.6 Å². The van der Waals surface area contributed by atoms with Gasteiger partial charge in [-0.25, -0.2) is 9.97 Å². The summed E-state index contributed by atoms with van der Waals surface area (Å²) in [5, 5.41) is 30.9. The van der Waals surface area contributed by atoms with Crippen molar-refractivity contribution in [2.75, 3.05) is 23.7 Å². The highest BCUT2D eigenvalue weighted by atomic mass is 16.6. The van der Waals surface area contributed by atoms with Crippen LogP contribution in [-0.2, 0) is 0 Å². The number of pyridine rings is 2. The van der Waals surface area contributed by atoms with Gasteiger partial charge < -0.3 is 10.6 Å². The van der Waals surface area contributed by atoms with Gasteiger partial charge in [-0.2, -0.15) is 0 Å². The average molecular weight is 517 g/mol. The largest absolute Gasteiger partial charge is 0.379 e. The van der Waals surface area contributed by atoms with Gasteiger partial charge in [-0.15, -0.1) is 0 Å². The van der Waals surface area contributed by atoms with Gasteiger partial charge in [0, 0.05) is 23.9 Å². The molecule has 2 aromatic carbocycles. The molecule has 198 valence electrons. The molecular formula is C28H32N6O4. The zero-order valence-electron chi connectivity index (χ0n) is 21.3. The molecule has 0 saturated heterocycles. The molecule has 0 atom stereocenters. The van der Waals surface area contributed by atoms with Gasteiger partial charge >= 0.3 is 11.4 Å². The number of anilines is 2. The van der Waals surface area contributed by atoms with Crippen LogP contribution in [0.4, 0.5) is 22.7 Å². The van der Waals surface area contributed by atoms with Gasteiger partial charge in [-0.1, -0.05) is 74.9 Å². The Morgan fingerprint density at radius 1 is 0.579 bits per heavy atom. The highest BCUT2D eigenvalue weighted by molar-refractivity contribution is 5.96. The van der Waals surface area contributed by atoms with Crippen LogP contribution in [0.15, 0.2) is 60.9 Å². The minimum atomic E-state index is -0.391. The second-order valence-electron chi connectivity index (χ2n) is 9.27. The number of nitrogens with zero attached hydrogens (tertiary/aromatic N) is 4. The first-order valence-corrected chi connectivity index (χ1v) is 13.1. The normalized spacial score (nSPS) is 11.1. The summed E-state index contributed by atoms with van der Waals surface area (Å²) < 4.78 is 0. The molecule has 0 unspecified atom stereocenters. The van der Waals surface area contributed by atoms with Crippen molar-refractivity contribution in [3.05, 3.63) is 81.2 Å². The molecule has 0 aliphatic carbocycles. The summed E-state index contributed by atoms with van der Waals surface area (Å²) in [6.07, 6.45) is 11.2. The van der Waals surface area contributed by atoms with Crippen LogP contribution in [0.5, 0.6) is 0 Å². The number of fused-ring (bicyclic) bond motifs is 2. The van der Waals surface area contributed by atoms with Crippen molar-refractivity contribution in [2.24, 2.45) is 0 Å². The van der Waals surface area contributed by atoms with Crippen LogP contribution in [0.25, 0.3) is 21.8 Å². The van der Waals surface area contributed by atoms with Gasteiger partial charge in [0.25, 0.3) is 0 Å². The lowest BCUT2D eigenvalue weighted by Gasteiger charge is -2.10. The Labute approximate surface area is 220 Å². The van der Waals surface area contributed by atoms with Gasteiger partial charge in [-0.05, 0) is 25.0 Å². The minimum Gasteiger partial charge on any atom is -0.379 e. The quantitative estimate of drug-likeness (QED) is 0.0958. The summed E-state index contributed by atoms with van der Waals surface area (Å²) in [6, 6.07) is 14.9. The Morgan fingerprint density at radius 2 is 0.947 bits per heavy atom. The Balaban J connectivity index is 1.11. The number of hydrogen-bond donors (Lipinski definition) is 2. The summed E-state index contributed by atoms with van der Waals surface area (Å²) in [4.78, 5) is 30.4. The van der Waals surface area contributed by atoms with Crippen molar-refractivity contribution in [3.63, 3.8) is 0 Å². The Kier molecular flexibility index (Phi) is 9.33. The number of unbranched alkanes of at least 4 members (excludes halogenated alkanes) is 7. The fraction of sp³-hybridized carbons (Fsp3) is 0.357. The summed E-state index contributed by atoms with van der Waals surface area (Å²) in [7, 11) is 0. The molecule has 2 N–H and O–H groups in total. The molecule has 0 saturated carbocycles. The van der Waals surface area contributed by atoms with Crippen LogP contribution in [0.3, 0.4) is 0 Å². The second kappa shape index (κ2) is 13.3. The maximum Gasteiger partial charge on any atom is 0.311 e. The molecular weight excluding hydrogens is 484 g/mol. The summed E-state index contributed by atoms with van der Waals surface area (Å²) >= 11 is 0. The molecule has 0 bridgehead atoms. The van der Waals surface area contributed by atoms with Gasteiger partial charge in [0.2, 0.25) is 0 Å². The van der Waals surface area contributed by atoms with Crippen molar-refractivity contribution < 1.29 is 9.85 Å². The molecule has 2 heterocycles. The number of para-hydroxylation sites is 2. The SMILES string of the molecule is O=[N+]([O-])c1cnc2ccccc2c1NCCCCCCCCCCNc1c([N+](=O)[O-])cnc2ccccc12. The summed E-state index contributed by atoms with van der Waals surface area (Å²) in [6.45, 7) is 1.35. The molecule has 0 spiro atoms. The maximum atomic E-state index is 11.4.